The molecule has 0 bridgehead atoms. The number of phenols is 2. The van der Waals surface area contributed by atoms with E-state index >= 15 is 0 Å². The van der Waals surface area contributed by atoms with Crippen LogP contribution < -0.4 is 9.47 Å². The van der Waals surface area contributed by atoms with Crippen LogP contribution in [0.4, 0.5) is 0 Å². The Kier molecular flexibility index (Phi) is 24.6. The molecule has 0 aliphatic heterocycles. The molecule has 88 heavy (non-hydrogen) atoms. The van der Waals surface area contributed by atoms with Gasteiger partial charge in [-0.2, -0.15) is 0 Å². The third kappa shape index (κ3) is 18.6. The SMILES string of the molecule is CCCCCCCCc1cc(-c2cc(C(C)C)cc(C(C)(C)C)c2)c(O)c(-c2cc(C(C)(C)C)ccc2O[CH2][Ge]([CH2]Oc2ccc(C(C)(C)C)cc2-c2cc(CCCCCCCC)cc(-c3cc(C(C)(C)C)cc(C(C)(C)C)c3)c2O)([CH](C)C)[CH](C)C)c1. The van der Waals surface area contributed by atoms with Crippen LogP contribution in [0.2, 0.25) is 9.50 Å². The van der Waals surface area contributed by atoms with Gasteiger partial charge in [0.05, 0.1) is 0 Å². The van der Waals surface area contributed by atoms with E-state index in [1.807, 2.05) is 0 Å². The Morgan fingerprint density at radius 2 is 0.682 bits per heavy atom. The second-order valence-corrected chi connectivity index (χ2v) is 43.9. The summed E-state index contributed by atoms with van der Waals surface area (Å²) >= 11 is -3.30. The average molecular weight is 1260 g/mol. The molecule has 0 aromatic heterocycles. The Labute approximate surface area is 541 Å². The van der Waals surface area contributed by atoms with Crippen molar-refractivity contribution in [3.8, 4) is 67.5 Å². The van der Waals surface area contributed by atoms with Crippen LogP contribution >= 0.6 is 0 Å². The molecule has 5 heteroatoms. The Morgan fingerprint density at radius 1 is 0.352 bits per heavy atom. The minimum atomic E-state index is -3.30. The Balaban J connectivity index is 1.51. The van der Waals surface area contributed by atoms with Crippen molar-refractivity contribution in [2.45, 2.75) is 292 Å². The van der Waals surface area contributed by atoms with Crippen LogP contribution in [-0.2, 0) is 39.9 Å². The Bertz CT molecular complexity index is 3200. The standard InChI is InChI=1S/C83H122GeO4/c1-24-26-28-30-32-34-36-59-42-69(62-46-61(56(3)4)47-66(48-62)81(15,16)17)77(85)73(44-59)71-52-64(79(9,10)11)38-40-75(71)87-54-84(57(5)6,58(7)8)55-88-76-41-39-65(80(12,13)14)53-72(76)74-45-60(37-35-33-31-29-27-25-2)43-70(78(74)86)63-49-67(82(18,19)20)51-68(50-63)83(21,22)23/h38-53,56-58,85-86H,24-37,54-55H2,1-23H3. The monoisotopic (exact) mass is 1260 g/mol. The first-order chi connectivity index (χ1) is 41.0. The summed E-state index contributed by atoms with van der Waals surface area (Å²) in [5.41, 5.74) is 18.0. The van der Waals surface area contributed by atoms with E-state index in [0.29, 0.717) is 37.8 Å². The van der Waals surface area contributed by atoms with Crippen molar-refractivity contribution < 1.29 is 19.7 Å². The van der Waals surface area contributed by atoms with Crippen LogP contribution in [0.1, 0.15) is 287 Å². The maximum absolute atomic E-state index is 13.1. The van der Waals surface area contributed by atoms with Gasteiger partial charge in [0.2, 0.25) is 0 Å². The number of unbranched alkanes of at least 4 members (excludes halogenated alkanes) is 10. The molecule has 6 aromatic carbocycles. The molecule has 482 valence electrons. The number of benzene rings is 6. The molecule has 0 amide bonds. The minimum absolute atomic E-state index is 0.0683. The summed E-state index contributed by atoms with van der Waals surface area (Å²) in [7, 11) is 0. The van der Waals surface area contributed by atoms with Gasteiger partial charge in [-0.3, -0.25) is 0 Å². The third-order valence-electron chi connectivity index (χ3n) is 19.3. The van der Waals surface area contributed by atoms with Crippen LogP contribution in [-0.4, -0.2) is 34.4 Å². The van der Waals surface area contributed by atoms with Gasteiger partial charge in [-0.05, 0) is 0 Å². The molecule has 0 saturated heterocycles. The molecule has 0 saturated carbocycles. The van der Waals surface area contributed by atoms with Gasteiger partial charge in [0.1, 0.15) is 0 Å². The number of hydrogen-bond acceptors (Lipinski definition) is 4. The molecule has 2 N–H and O–H groups in total. The second-order valence-electron chi connectivity index (χ2n) is 32.7. The van der Waals surface area contributed by atoms with Crippen LogP contribution in [0.5, 0.6) is 23.0 Å². The molecule has 4 nitrogen and oxygen atoms in total. The Morgan fingerprint density at radius 3 is 1.02 bits per heavy atom. The first-order valence-corrected chi connectivity index (χ1v) is 40.0. The molecular weight excluding hydrogens is 1130 g/mol. The van der Waals surface area contributed by atoms with E-state index in [9.17, 15) is 10.2 Å². The molecule has 6 aromatic rings. The van der Waals surface area contributed by atoms with Crippen molar-refractivity contribution in [2.24, 2.45) is 0 Å². The molecule has 0 spiro atoms. The molecule has 6 rings (SSSR count). The van der Waals surface area contributed by atoms with Gasteiger partial charge in [0.15, 0.2) is 0 Å². The van der Waals surface area contributed by atoms with E-state index in [4.69, 9.17) is 9.47 Å². The van der Waals surface area contributed by atoms with E-state index < -0.39 is 13.3 Å². The summed E-state index contributed by atoms with van der Waals surface area (Å²) in [6.07, 6.45) is 16.5. The van der Waals surface area contributed by atoms with Crippen molar-refractivity contribution in [2.75, 3.05) is 10.9 Å². The van der Waals surface area contributed by atoms with Gasteiger partial charge in [-0.1, -0.05) is 39.5 Å². The summed E-state index contributed by atoms with van der Waals surface area (Å²) in [6.45, 7) is 52.9. The van der Waals surface area contributed by atoms with Crippen LogP contribution in [0.15, 0.2) is 97.1 Å². The molecule has 0 fully saturated rings. The number of aromatic hydroxyl groups is 2. The molecule has 0 atom stereocenters. The van der Waals surface area contributed by atoms with Gasteiger partial charge in [0, 0.05) is 0 Å². The summed E-state index contributed by atoms with van der Waals surface area (Å²) in [4.78, 5) is 0. The maximum atomic E-state index is 13.1. The van der Waals surface area contributed by atoms with Gasteiger partial charge in [0.25, 0.3) is 0 Å². The zero-order valence-corrected chi connectivity index (χ0v) is 62.1. The van der Waals surface area contributed by atoms with Crippen molar-refractivity contribution in [3.63, 3.8) is 0 Å². The quantitative estimate of drug-likeness (QED) is 0.0399. The van der Waals surface area contributed by atoms with Crippen molar-refractivity contribution >= 4 is 13.3 Å². The first-order valence-electron chi connectivity index (χ1n) is 34.6. The molecule has 0 aliphatic rings. The van der Waals surface area contributed by atoms with Gasteiger partial charge in [-0.25, -0.2) is 0 Å². The zero-order valence-electron chi connectivity index (χ0n) is 60.0. The first kappa shape index (κ1) is 72.1. The summed E-state index contributed by atoms with van der Waals surface area (Å²) < 4.78 is 15.7. The molecule has 0 radical (unpaired) electrons. The van der Waals surface area contributed by atoms with Crippen molar-refractivity contribution in [3.05, 3.63) is 142 Å². The van der Waals surface area contributed by atoms with E-state index in [2.05, 4.69) is 256 Å². The number of phenolic OH excluding ortho intramolecular Hbond substituents is 2. The van der Waals surface area contributed by atoms with Crippen molar-refractivity contribution in [1.29, 1.82) is 0 Å². The predicted molar refractivity (Wildman–Crippen MR) is 387 cm³/mol. The van der Waals surface area contributed by atoms with Gasteiger partial charge < -0.3 is 0 Å². The molecule has 0 unspecified atom stereocenters. The van der Waals surface area contributed by atoms with E-state index in [1.165, 1.54) is 109 Å². The zero-order chi connectivity index (χ0) is 65.3. The molecular formula is C83H122GeO4. The van der Waals surface area contributed by atoms with Crippen LogP contribution in [0.3, 0.4) is 0 Å². The van der Waals surface area contributed by atoms with E-state index in [0.717, 1.165) is 81.7 Å². The second kappa shape index (κ2) is 30.0. The average Bonchev–Trinajstić information content (AvgIpc) is 1.63. The number of aryl methyl sites for hydroxylation is 2. The summed E-state index contributed by atoms with van der Waals surface area (Å²) in [5.74, 6) is 2.53. The normalized spacial score (nSPS) is 12.9. The van der Waals surface area contributed by atoms with E-state index in [-0.39, 0.29) is 27.1 Å². The predicted octanol–water partition coefficient (Wildman–Crippen LogP) is 25.0. The molecule has 0 aliphatic carbocycles. The number of rotatable bonds is 27. The fourth-order valence-electron chi connectivity index (χ4n) is 12.4. The number of ether oxygens (including phenoxy) is 2. The third-order valence-corrected chi connectivity index (χ3v) is 31.8. The van der Waals surface area contributed by atoms with Gasteiger partial charge >= 0.3 is 505 Å². The Hall–Kier alpha value is -4.94. The molecule has 0 heterocycles. The topological polar surface area (TPSA) is 58.9 Å². The summed E-state index contributed by atoms with van der Waals surface area (Å²) in [6, 6.07) is 36.6. The summed E-state index contributed by atoms with van der Waals surface area (Å²) in [5, 5.41) is 26.1. The fraction of sp³-hybridized carbons (Fsp3) is 0.566. The van der Waals surface area contributed by atoms with Crippen LogP contribution in [0, 0.1) is 0 Å². The van der Waals surface area contributed by atoms with Crippen LogP contribution in [0.25, 0.3) is 44.5 Å². The van der Waals surface area contributed by atoms with E-state index in [1.54, 1.807) is 0 Å². The number of hydrogen-bond donors (Lipinski definition) is 2. The van der Waals surface area contributed by atoms with Crippen molar-refractivity contribution in [1.82, 2.24) is 0 Å². The van der Waals surface area contributed by atoms with Gasteiger partial charge in [-0.15, -0.1) is 0 Å². The fourth-order valence-corrected chi connectivity index (χ4v) is 20.0.